The van der Waals surface area contributed by atoms with Gasteiger partial charge in [-0.25, -0.2) is 4.98 Å². The lowest BCUT2D eigenvalue weighted by Gasteiger charge is -2.21. The van der Waals surface area contributed by atoms with Crippen molar-refractivity contribution in [3.05, 3.63) is 18.1 Å². The zero-order valence-corrected chi connectivity index (χ0v) is 10.00. The van der Waals surface area contributed by atoms with Gasteiger partial charge in [-0.15, -0.1) is 11.8 Å². The van der Waals surface area contributed by atoms with E-state index in [0.717, 1.165) is 35.4 Å². The van der Waals surface area contributed by atoms with Crippen molar-refractivity contribution in [2.24, 2.45) is 11.8 Å². The van der Waals surface area contributed by atoms with Crippen LogP contribution in [0.4, 0.5) is 0 Å². The SMILES string of the molecule is CSc1cncc(C2(C#N)CC3CC3C2)n1. The molecule has 0 aromatic carbocycles. The van der Waals surface area contributed by atoms with Crippen LogP contribution < -0.4 is 0 Å². The van der Waals surface area contributed by atoms with Crippen molar-refractivity contribution >= 4 is 11.8 Å². The molecule has 4 heteroatoms. The van der Waals surface area contributed by atoms with Gasteiger partial charge in [0.15, 0.2) is 0 Å². The molecule has 2 fully saturated rings. The van der Waals surface area contributed by atoms with Crippen molar-refractivity contribution in [1.82, 2.24) is 9.97 Å². The second kappa shape index (κ2) is 3.46. The predicted molar refractivity (Wildman–Crippen MR) is 61.9 cm³/mol. The second-order valence-electron chi connectivity index (χ2n) is 4.80. The maximum atomic E-state index is 9.45. The topological polar surface area (TPSA) is 49.6 Å². The van der Waals surface area contributed by atoms with Gasteiger partial charge in [-0.05, 0) is 37.4 Å². The molecule has 0 radical (unpaired) electrons. The molecule has 0 amide bonds. The number of hydrogen-bond donors (Lipinski definition) is 0. The Labute approximate surface area is 99.3 Å². The van der Waals surface area contributed by atoms with Crippen molar-refractivity contribution in [3.63, 3.8) is 0 Å². The smallest absolute Gasteiger partial charge is 0.114 e. The molecule has 2 aliphatic carbocycles. The fraction of sp³-hybridized carbons (Fsp3) is 0.583. The van der Waals surface area contributed by atoms with Gasteiger partial charge in [0.1, 0.15) is 10.4 Å². The minimum atomic E-state index is -0.341. The Kier molecular flexibility index (Phi) is 2.18. The summed E-state index contributed by atoms with van der Waals surface area (Å²) in [6.45, 7) is 0. The van der Waals surface area contributed by atoms with Crippen LogP contribution in [0.5, 0.6) is 0 Å². The maximum absolute atomic E-state index is 9.45. The quantitative estimate of drug-likeness (QED) is 0.733. The fourth-order valence-corrected chi connectivity index (χ4v) is 3.18. The summed E-state index contributed by atoms with van der Waals surface area (Å²) in [4.78, 5) is 8.75. The number of aromatic nitrogens is 2. The van der Waals surface area contributed by atoms with Gasteiger partial charge in [0.2, 0.25) is 0 Å². The van der Waals surface area contributed by atoms with E-state index in [9.17, 15) is 5.26 Å². The predicted octanol–water partition coefficient (Wildman–Crippen LogP) is 2.39. The highest BCUT2D eigenvalue weighted by Crippen LogP contribution is 2.59. The zero-order valence-electron chi connectivity index (χ0n) is 9.18. The van der Waals surface area contributed by atoms with E-state index in [1.54, 1.807) is 24.2 Å². The van der Waals surface area contributed by atoms with Crippen LogP contribution in [0.25, 0.3) is 0 Å². The number of nitriles is 1. The first kappa shape index (κ1) is 10.1. The van der Waals surface area contributed by atoms with E-state index in [1.807, 2.05) is 6.26 Å². The normalized spacial score (nSPS) is 35.5. The van der Waals surface area contributed by atoms with E-state index in [1.165, 1.54) is 6.42 Å². The minimum Gasteiger partial charge on any atom is -0.260 e. The van der Waals surface area contributed by atoms with E-state index >= 15 is 0 Å². The van der Waals surface area contributed by atoms with E-state index in [2.05, 4.69) is 16.0 Å². The van der Waals surface area contributed by atoms with Gasteiger partial charge in [0.05, 0.1) is 24.2 Å². The van der Waals surface area contributed by atoms with Gasteiger partial charge in [-0.1, -0.05) is 0 Å². The van der Waals surface area contributed by atoms with Crippen LogP contribution in [0.1, 0.15) is 25.0 Å². The van der Waals surface area contributed by atoms with Crippen LogP contribution in [0.15, 0.2) is 17.4 Å². The molecule has 3 nitrogen and oxygen atoms in total. The second-order valence-corrected chi connectivity index (χ2v) is 5.63. The summed E-state index contributed by atoms with van der Waals surface area (Å²) in [5.74, 6) is 1.55. The van der Waals surface area contributed by atoms with Crippen molar-refractivity contribution in [1.29, 1.82) is 5.26 Å². The molecule has 0 aliphatic heterocycles. The summed E-state index contributed by atoms with van der Waals surface area (Å²) in [6, 6.07) is 2.49. The molecule has 16 heavy (non-hydrogen) atoms. The highest BCUT2D eigenvalue weighted by molar-refractivity contribution is 7.98. The monoisotopic (exact) mass is 231 g/mol. The number of thioether (sulfide) groups is 1. The first-order chi connectivity index (χ1) is 7.77. The van der Waals surface area contributed by atoms with Crippen LogP contribution in [-0.2, 0) is 5.41 Å². The first-order valence-corrected chi connectivity index (χ1v) is 6.78. The lowest BCUT2D eigenvalue weighted by Crippen LogP contribution is -2.23. The fourth-order valence-electron chi connectivity index (χ4n) is 2.82. The third-order valence-electron chi connectivity index (χ3n) is 3.82. The lowest BCUT2D eigenvalue weighted by molar-refractivity contribution is 0.484. The molecule has 0 N–H and O–H groups in total. The molecule has 2 saturated carbocycles. The molecule has 0 bridgehead atoms. The standard InChI is InChI=1S/C12H13N3S/c1-16-11-6-14-5-10(15-11)12(7-13)3-8-2-9(8)4-12/h5-6,8-9H,2-4H2,1H3. The summed E-state index contributed by atoms with van der Waals surface area (Å²) in [5.41, 5.74) is 0.542. The number of rotatable bonds is 2. The largest absolute Gasteiger partial charge is 0.260 e. The molecule has 0 saturated heterocycles. The van der Waals surface area contributed by atoms with E-state index in [4.69, 9.17) is 0 Å². The molecule has 3 rings (SSSR count). The molecule has 0 spiro atoms. The Hall–Kier alpha value is -1.08. The minimum absolute atomic E-state index is 0.341. The number of nitrogens with zero attached hydrogens (tertiary/aromatic N) is 3. The van der Waals surface area contributed by atoms with Crippen LogP contribution in [0, 0.1) is 23.2 Å². The van der Waals surface area contributed by atoms with Crippen LogP contribution in [0.3, 0.4) is 0 Å². The van der Waals surface area contributed by atoms with Gasteiger partial charge >= 0.3 is 0 Å². The molecular weight excluding hydrogens is 218 g/mol. The highest BCUT2D eigenvalue weighted by atomic mass is 32.2. The molecular formula is C12H13N3S. The average molecular weight is 231 g/mol. The molecule has 82 valence electrons. The van der Waals surface area contributed by atoms with Gasteiger partial charge in [-0.3, -0.25) is 4.98 Å². The molecule has 2 aliphatic rings. The molecule has 1 aromatic rings. The Balaban J connectivity index is 1.98. The Morgan fingerprint density at radius 1 is 1.44 bits per heavy atom. The van der Waals surface area contributed by atoms with E-state index < -0.39 is 0 Å². The van der Waals surface area contributed by atoms with Crippen LogP contribution >= 0.6 is 11.8 Å². The van der Waals surface area contributed by atoms with Crippen molar-refractivity contribution in [3.8, 4) is 6.07 Å². The molecule has 1 aromatic heterocycles. The summed E-state index contributed by atoms with van der Waals surface area (Å²) in [7, 11) is 0. The van der Waals surface area contributed by atoms with E-state index in [0.29, 0.717) is 0 Å². The third-order valence-corrected chi connectivity index (χ3v) is 4.43. The van der Waals surface area contributed by atoms with E-state index in [-0.39, 0.29) is 5.41 Å². The molecule has 2 unspecified atom stereocenters. The highest BCUT2D eigenvalue weighted by Gasteiger charge is 2.55. The lowest BCUT2D eigenvalue weighted by atomic mass is 9.81. The number of hydrogen-bond acceptors (Lipinski definition) is 4. The summed E-state index contributed by atoms with van der Waals surface area (Å²) >= 11 is 1.58. The molecule has 2 atom stereocenters. The van der Waals surface area contributed by atoms with Crippen molar-refractivity contribution in [2.45, 2.75) is 29.7 Å². The van der Waals surface area contributed by atoms with Gasteiger partial charge in [0, 0.05) is 0 Å². The van der Waals surface area contributed by atoms with Crippen molar-refractivity contribution < 1.29 is 0 Å². The first-order valence-electron chi connectivity index (χ1n) is 5.55. The third kappa shape index (κ3) is 1.42. The zero-order chi connectivity index (χ0) is 11.2. The maximum Gasteiger partial charge on any atom is 0.114 e. The van der Waals surface area contributed by atoms with Gasteiger partial charge < -0.3 is 0 Å². The molecule has 1 heterocycles. The Bertz CT molecular complexity index is 456. The summed E-state index contributed by atoms with van der Waals surface area (Å²) < 4.78 is 0. The van der Waals surface area contributed by atoms with Crippen molar-refractivity contribution in [2.75, 3.05) is 6.26 Å². The summed E-state index contributed by atoms with van der Waals surface area (Å²) in [5, 5.41) is 10.4. The Morgan fingerprint density at radius 3 is 2.81 bits per heavy atom. The van der Waals surface area contributed by atoms with Gasteiger partial charge in [-0.2, -0.15) is 5.26 Å². The van der Waals surface area contributed by atoms with Crippen LogP contribution in [-0.4, -0.2) is 16.2 Å². The van der Waals surface area contributed by atoms with Crippen LogP contribution in [0.2, 0.25) is 0 Å². The van der Waals surface area contributed by atoms with Gasteiger partial charge in [0.25, 0.3) is 0 Å². The Morgan fingerprint density at radius 2 is 2.19 bits per heavy atom. The number of fused-ring (bicyclic) bond motifs is 1. The average Bonchev–Trinajstić information content (AvgIpc) is 2.97. The summed E-state index contributed by atoms with van der Waals surface area (Å²) in [6.07, 6.45) is 8.81.